The molecule has 70 heavy (non-hydrogen) atoms. The molecule has 0 radical (unpaired) electrons. The number of rotatable bonds is 46. The number of ether oxygens (including phenoxy) is 2. The Morgan fingerprint density at radius 3 is 1.37 bits per heavy atom. The molecule has 7 unspecified atom stereocenters. The standard InChI is InChI=1S/C61H103NO8/c1-3-5-7-9-11-13-15-17-19-21-23-25-26-27-28-29-30-31-33-35-37-39-41-43-45-47-49-51-57(65)62-54(53-69-61-60(68)59(67)58(66)56(52-63)70-61)55(64)50-48-46-44-42-40-38-36-34-32-24-22-20-18-16-14-12-10-8-6-4-2/h5,7,11,13,17,19,23,25,27-28,30-32,34,40,42,48,50,54-56,58-61,63-64,66-68H,3-4,6,8-10,12,14-16,18,20-22,24,26,29,33,35-39,41,43-47,49,51-53H2,1-2H3,(H,62,65)/b7-5-,13-11-,19-17-,25-23-,28-27-,31-30-,34-32+,42-40+,50-48+. The van der Waals surface area contributed by atoms with Crippen LogP contribution in [0.25, 0.3) is 0 Å². The summed E-state index contributed by atoms with van der Waals surface area (Å²) in [5.74, 6) is -0.204. The summed E-state index contributed by atoms with van der Waals surface area (Å²) >= 11 is 0. The molecule has 0 bridgehead atoms. The molecule has 400 valence electrons. The van der Waals surface area contributed by atoms with E-state index in [0.717, 1.165) is 103 Å². The highest BCUT2D eigenvalue weighted by Gasteiger charge is 2.44. The average Bonchev–Trinajstić information content (AvgIpc) is 3.36. The van der Waals surface area contributed by atoms with Gasteiger partial charge in [-0.05, 0) is 96.3 Å². The zero-order valence-corrected chi connectivity index (χ0v) is 44.2. The van der Waals surface area contributed by atoms with Crippen LogP contribution in [0.5, 0.6) is 0 Å². The van der Waals surface area contributed by atoms with E-state index in [9.17, 15) is 30.3 Å². The lowest BCUT2D eigenvalue weighted by atomic mass is 9.99. The van der Waals surface area contributed by atoms with E-state index < -0.39 is 49.5 Å². The van der Waals surface area contributed by atoms with E-state index in [1.165, 1.54) is 89.9 Å². The Kier molecular flexibility index (Phi) is 45.8. The van der Waals surface area contributed by atoms with E-state index in [1.54, 1.807) is 6.08 Å². The van der Waals surface area contributed by atoms with Gasteiger partial charge in [-0.1, -0.05) is 220 Å². The maximum Gasteiger partial charge on any atom is 0.220 e. The van der Waals surface area contributed by atoms with Crippen LogP contribution in [0.2, 0.25) is 0 Å². The molecule has 0 aromatic carbocycles. The molecule has 0 aromatic heterocycles. The molecule has 1 amide bonds. The van der Waals surface area contributed by atoms with Gasteiger partial charge in [0.25, 0.3) is 0 Å². The summed E-state index contributed by atoms with van der Waals surface area (Å²) in [4.78, 5) is 13.0. The van der Waals surface area contributed by atoms with Crippen LogP contribution in [-0.4, -0.2) is 87.5 Å². The lowest BCUT2D eigenvalue weighted by Crippen LogP contribution is -2.60. The predicted octanol–water partition coefficient (Wildman–Crippen LogP) is 13.8. The number of allylic oxidation sites excluding steroid dienone is 17. The minimum absolute atomic E-state index is 0.204. The number of hydrogen-bond donors (Lipinski definition) is 6. The third-order valence-corrected chi connectivity index (χ3v) is 12.6. The quantitative estimate of drug-likeness (QED) is 0.0261. The van der Waals surface area contributed by atoms with E-state index in [0.29, 0.717) is 6.42 Å². The smallest absolute Gasteiger partial charge is 0.220 e. The highest BCUT2D eigenvalue weighted by atomic mass is 16.7. The maximum atomic E-state index is 13.0. The third-order valence-electron chi connectivity index (χ3n) is 12.6. The monoisotopic (exact) mass is 978 g/mol. The van der Waals surface area contributed by atoms with Gasteiger partial charge < -0.3 is 40.3 Å². The van der Waals surface area contributed by atoms with E-state index in [1.807, 2.05) is 6.08 Å². The molecular formula is C61H103NO8. The summed E-state index contributed by atoms with van der Waals surface area (Å²) in [5, 5.41) is 54.4. The van der Waals surface area contributed by atoms with Crippen molar-refractivity contribution in [3.63, 3.8) is 0 Å². The van der Waals surface area contributed by atoms with Gasteiger partial charge in [-0.2, -0.15) is 0 Å². The fourth-order valence-corrected chi connectivity index (χ4v) is 8.13. The normalized spacial score (nSPS) is 20.2. The molecular weight excluding hydrogens is 875 g/mol. The number of amides is 1. The Balaban J connectivity index is 2.30. The van der Waals surface area contributed by atoms with Crippen molar-refractivity contribution in [2.45, 2.75) is 256 Å². The molecule has 0 saturated carbocycles. The molecule has 7 atom stereocenters. The number of aliphatic hydroxyl groups excluding tert-OH is 5. The van der Waals surface area contributed by atoms with Gasteiger partial charge in [-0.15, -0.1) is 0 Å². The second-order valence-corrected chi connectivity index (χ2v) is 19.0. The van der Waals surface area contributed by atoms with Crippen molar-refractivity contribution in [3.8, 4) is 0 Å². The highest BCUT2D eigenvalue weighted by Crippen LogP contribution is 2.23. The summed E-state index contributed by atoms with van der Waals surface area (Å²) < 4.78 is 11.2. The SMILES string of the molecule is CC/C=C\C/C=C\C/C=C\C/C=C\C/C=C\C/C=C\CCCCCCCCCCC(=O)NC(COC1OC(CO)C(O)C(O)C1O)C(O)/C=C/CC/C=C/CC/C=C/CCCCCCCCCCCC. The first-order chi connectivity index (χ1) is 34.3. The fourth-order valence-electron chi connectivity index (χ4n) is 8.13. The lowest BCUT2D eigenvalue weighted by molar-refractivity contribution is -0.302. The summed E-state index contributed by atoms with van der Waals surface area (Å²) in [6, 6.07) is -0.841. The molecule has 0 aliphatic carbocycles. The van der Waals surface area contributed by atoms with Crippen molar-refractivity contribution < 1.29 is 39.8 Å². The molecule has 9 heteroatoms. The van der Waals surface area contributed by atoms with Gasteiger partial charge >= 0.3 is 0 Å². The minimum Gasteiger partial charge on any atom is -0.394 e. The summed E-state index contributed by atoms with van der Waals surface area (Å²) in [6.07, 6.45) is 65.7. The second-order valence-electron chi connectivity index (χ2n) is 19.0. The van der Waals surface area contributed by atoms with Crippen molar-refractivity contribution >= 4 is 5.91 Å². The molecule has 0 spiro atoms. The number of nitrogens with one attached hydrogen (secondary N) is 1. The number of carbonyl (C=O) groups excluding carboxylic acids is 1. The average molecular weight is 978 g/mol. The maximum absolute atomic E-state index is 13.0. The van der Waals surface area contributed by atoms with Crippen molar-refractivity contribution in [2.24, 2.45) is 0 Å². The molecule has 6 N–H and O–H groups in total. The lowest BCUT2D eigenvalue weighted by Gasteiger charge is -2.40. The van der Waals surface area contributed by atoms with Crippen molar-refractivity contribution in [1.29, 1.82) is 0 Å². The minimum atomic E-state index is -1.58. The summed E-state index contributed by atoms with van der Waals surface area (Å²) in [7, 11) is 0. The van der Waals surface area contributed by atoms with Crippen LogP contribution in [-0.2, 0) is 14.3 Å². The summed E-state index contributed by atoms with van der Waals surface area (Å²) in [5.41, 5.74) is 0. The Hall–Kier alpha value is -3.15. The number of hydrogen-bond acceptors (Lipinski definition) is 8. The van der Waals surface area contributed by atoms with E-state index >= 15 is 0 Å². The second kappa shape index (κ2) is 49.4. The van der Waals surface area contributed by atoms with Gasteiger partial charge in [0, 0.05) is 6.42 Å². The van der Waals surface area contributed by atoms with Gasteiger partial charge in [0.1, 0.15) is 24.4 Å². The van der Waals surface area contributed by atoms with Crippen LogP contribution in [0.15, 0.2) is 109 Å². The Morgan fingerprint density at radius 2 is 0.900 bits per heavy atom. The molecule has 1 rings (SSSR count). The van der Waals surface area contributed by atoms with Crippen LogP contribution in [0.3, 0.4) is 0 Å². The van der Waals surface area contributed by atoms with Gasteiger partial charge in [-0.25, -0.2) is 0 Å². The molecule has 1 fully saturated rings. The first-order valence-corrected chi connectivity index (χ1v) is 28.1. The predicted molar refractivity (Wildman–Crippen MR) is 294 cm³/mol. The van der Waals surface area contributed by atoms with Crippen LogP contribution in [0, 0.1) is 0 Å². The van der Waals surface area contributed by atoms with Crippen molar-refractivity contribution in [2.75, 3.05) is 13.2 Å². The summed E-state index contributed by atoms with van der Waals surface area (Å²) in [6.45, 7) is 3.63. The zero-order chi connectivity index (χ0) is 50.8. The highest BCUT2D eigenvalue weighted by molar-refractivity contribution is 5.76. The van der Waals surface area contributed by atoms with Gasteiger partial charge in [0.15, 0.2) is 6.29 Å². The molecule has 9 nitrogen and oxygen atoms in total. The Labute approximate surface area is 427 Å². The third kappa shape index (κ3) is 38.5. The van der Waals surface area contributed by atoms with E-state index in [4.69, 9.17) is 9.47 Å². The van der Waals surface area contributed by atoms with Crippen molar-refractivity contribution in [1.82, 2.24) is 5.32 Å². The largest absolute Gasteiger partial charge is 0.394 e. The number of carbonyl (C=O) groups is 1. The zero-order valence-electron chi connectivity index (χ0n) is 44.2. The van der Waals surface area contributed by atoms with Crippen LogP contribution in [0.4, 0.5) is 0 Å². The van der Waals surface area contributed by atoms with Crippen LogP contribution in [0.1, 0.15) is 213 Å². The van der Waals surface area contributed by atoms with Crippen LogP contribution < -0.4 is 5.32 Å². The first-order valence-electron chi connectivity index (χ1n) is 28.1. The molecule has 0 aromatic rings. The van der Waals surface area contributed by atoms with Gasteiger partial charge in [0.05, 0.1) is 25.4 Å². The molecule has 1 heterocycles. The van der Waals surface area contributed by atoms with Gasteiger partial charge in [0.2, 0.25) is 5.91 Å². The number of aliphatic hydroxyl groups is 5. The van der Waals surface area contributed by atoms with E-state index in [2.05, 4.69) is 116 Å². The topological polar surface area (TPSA) is 149 Å². The Bertz CT molecular complexity index is 1460. The van der Waals surface area contributed by atoms with Crippen molar-refractivity contribution in [3.05, 3.63) is 109 Å². The van der Waals surface area contributed by atoms with Crippen LogP contribution >= 0.6 is 0 Å². The molecule has 1 aliphatic rings. The first kappa shape index (κ1) is 64.9. The molecule has 1 saturated heterocycles. The Morgan fingerprint density at radius 1 is 0.500 bits per heavy atom. The number of unbranched alkanes of at least 4 members (excludes halogenated alkanes) is 20. The fraction of sp³-hybridized carbons (Fsp3) is 0.689. The molecule has 1 aliphatic heterocycles. The van der Waals surface area contributed by atoms with Gasteiger partial charge in [-0.3, -0.25) is 4.79 Å². The van der Waals surface area contributed by atoms with E-state index in [-0.39, 0.29) is 12.5 Å².